The summed E-state index contributed by atoms with van der Waals surface area (Å²) in [6.45, 7) is 0. The Hall–Kier alpha value is -1.82. The van der Waals surface area contributed by atoms with Gasteiger partial charge in [0.25, 0.3) is 0 Å². The Balaban J connectivity index is 2.19. The molecule has 1 aromatic carbocycles. The summed E-state index contributed by atoms with van der Waals surface area (Å²) in [5.74, 6) is 0.547. The van der Waals surface area contributed by atoms with Crippen LogP contribution in [0.2, 0.25) is 0 Å². The maximum Gasteiger partial charge on any atom is 0.230 e. The van der Waals surface area contributed by atoms with E-state index in [1.54, 1.807) is 16.9 Å². The minimum atomic E-state index is 0.547. The van der Waals surface area contributed by atoms with Gasteiger partial charge in [-0.15, -0.1) is 0 Å². The van der Waals surface area contributed by atoms with Gasteiger partial charge in [0.05, 0.1) is 11.8 Å². The van der Waals surface area contributed by atoms with Gasteiger partial charge in [0.15, 0.2) is 5.58 Å². The topological polar surface area (TPSA) is 69.9 Å². The first-order chi connectivity index (χ1) is 8.13. The van der Waals surface area contributed by atoms with E-state index in [0.29, 0.717) is 17.2 Å². The predicted molar refractivity (Wildman–Crippen MR) is 68.3 cm³/mol. The largest absolute Gasteiger partial charge is 0.436 e. The number of hydrogen-bond donors (Lipinski definition) is 1. The van der Waals surface area contributed by atoms with E-state index in [4.69, 9.17) is 10.2 Å². The molecule has 0 aliphatic rings. The minimum absolute atomic E-state index is 0.547. The quantitative estimate of drug-likeness (QED) is 0.700. The van der Waals surface area contributed by atoms with Crippen molar-refractivity contribution in [3.63, 3.8) is 0 Å². The molecule has 0 fully saturated rings. The van der Waals surface area contributed by atoms with Crippen molar-refractivity contribution in [1.29, 1.82) is 0 Å². The number of benzene rings is 1. The second kappa shape index (κ2) is 3.59. The molecular formula is C11H9BrN4O. The van der Waals surface area contributed by atoms with Crippen LogP contribution in [0, 0.1) is 0 Å². The molecule has 86 valence electrons. The third-order valence-electron chi connectivity index (χ3n) is 2.46. The highest BCUT2D eigenvalue weighted by molar-refractivity contribution is 9.10. The number of nitrogen functional groups attached to an aromatic ring is 1. The van der Waals surface area contributed by atoms with E-state index in [9.17, 15) is 0 Å². The Morgan fingerprint density at radius 3 is 2.94 bits per heavy atom. The molecule has 6 heteroatoms. The van der Waals surface area contributed by atoms with Crippen molar-refractivity contribution in [2.75, 3.05) is 5.73 Å². The lowest BCUT2D eigenvalue weighted by Gasteiger charge is -1.94. The molecule has 5 nitrogen and oxygen atoms in total. The van der Waals surface area contributed by atoms with Crippen LogP contribution in [0.1, 0.15) is 0 Å². The molecule has 2 aromatic heterocycles. The number of halogens is 1. The van der Waals surface area contributed by atoms with Gasteiger partial charge in [-0.05, 0) is 22.0 Å². The number of aryl methyl sites for hydroxylation is 1. The molecule has 0 aliphatic heterocycles. The lowest BCUT2D eigenvalue weighted by Crippen LogP contribution is -1.85. The summed E-state index contributed by atoms with van der Waals surface area (Å²) in [5, 5.41) is 4.08. The third kappa shape index (κ3) is 1.70. The lowest BCUT2D eigenvalue weighted by molar-refractivity contribution is 0.620. The zero-order valence-electron chi connectivity index (χ0n) is 9.01. The van der Waals surface area contributed by atoms with E-state index < -0.39 is 0 Å². The molecule has 3 aromatic rings. The van der Waals surface area contributed by atoms with Crippen molar-refractivity contribution in [1.82, 2.24) is 14.8 Å². The highest BCUT2D eigenvalue weighted by atomic mass is 79.9. The summed E-state index contributed by atoms with van der Waals surface area (Å²) in [6.07, 6.45) is 3.56. The van der Waals surface area contributed by atoms with Crippen molar-refractivity contribution in [2.45, 2.75) is 0 Å². The van der Waals surface area contributed by atoms with Crippen molar-refractivity contribution in [3.8, 4) is 11.5 Å². The molecule has 0 aliphatic carbocycles. The molecule has 0 spiro atoms. The average molecular weight is 293 g/mol. The van der Waals surface area contributed by atoms with E-state index in [-0.39, 0.29) is 0 Å². The van der Waals surface area contributed by atoms with Crippen LogP contribution in [0.4, 0.5) is 5.69 Å². The normalized spacial score (nSPS) is 11.2. The maximum atomic E-state index is 5.79. The number of anilines is 1. The number of nitrogens with zero attached hydrogens (tertiary/aromatic N) is 3. The van der Waals surface area contributed by atoms with Crippen LogP contribution >= 0.6 is 15.9 Å². The van der Waals surface area contributed by atoms with Gasteiger partial charge in [0.2, 0.25) is 5.89 Å². The number of aromatic nitrogens is 3. The minimum Gasteiger partial charge on any atom is -0.436 e. The molecule has 2 heterocycles. The molecule has 0 amide bonds. The second-order valence-electron chi connectivity index (χ2n) is 3.76. The van der Waals surface area contributed by atoms with Crippen molar-refractivity contribution in [2.24, 2.45) is 7.05 Å². The SMILES string of the molecule is Cn1cc(-c2nc3cc(Br)c(N)cc3o2)cn1. The molecule has 2 N–H and O–H groups in total. The van der Waals surface area contributed by atoms with E-state index in [1.807, 2.05) is 19.3 Å². The fraction of sp³-hybridized carbons (Fsp3) is 0.0909. The number of rotatable bonds is 1. The first-order valence-electron chi connectivity index (χ1n) is 4.98. The summed E-state index contributed by atoms with van der Waals surface area (Å²) in [7, 11) is 1.85. The van der Waals surface area contributed by atoms with Gasteiger partial charge >= 0.3 is 0 Å². The van der Waals surface area contributed by atoms with Crippen LogP contribution in [0.15, 0.2) is 33.4 Å². The third-order valence-corrected chi connectivity index (χ3v) is 3.15. The van der Waals surface area contributed by atoms with Gasteiger partial charge in [-0.1, -0.05) is 0 Å². The van der Waals surface area contributed by atoms with Gasteiger partial charge < -0.3 is 10.2 Å². The fourth-order valence-electron chi connectivity index (χ4n) is 1.62. The first-order valence-corrected chi connectivity index (χ1v) is 5.77. The van der Waals surface area contributed by atoms with Crippen molar-refractivity contribution < 1.29 is 4.42 Å². The predicted octanol–water partition coefficient (Wildman–Crippen LogP) is 2.57. The fourth-order valence-corrected chi connectivity index (χ4v) is 1.95. The standard InChI is InChI=1S/C11H9BrN4O/c1-16-5-6(4-14-16)11-15-9-2-7(12)8(13)3-10(9)17-11/h2-5H,13H2,1H3. The van der Waals surface area contributed by atoms with Gasteiger partial charge in [0.1, 0.15) is 5.52 Å². The maximum absolute atomic E-state index is 5.79. The Kier molecular flexibility index (Phi) is 2.19. The molecule has 3 rings (SSSR count). The highest BCUT2D eigenvalue weighted by Gasteiger charge is 2.11. The Morgan fingerprint density at radius 2 is 2.24 bits per heavy atom. The van der Waals surface area contributed by atoms with E-state index in [0.717, 1.165) is 15.6 Å². The van der Waals surface area contributed by atoms with Crippen LogP contribution < -0.4 is 5.73 Å². The molecule has 0 bridgehead atoms. The van der Waals surface area contributed by atoms with Crippen LogP contribution in [-0.2, 0) is 7.05 Å². The molecule has 0 atom stereocenters. The van der Waals surface area contributed by atoms with Crippen LogP contribution in [0.3, 0.4) is 0 Å². The van der Waals surface area contributed by atoms with Gasteiger partial charge in [-0.2, -0.15) is 5.10 Å². The van der Waals surface area contributed by atoms with Crippen LogP contribution in [0.5, 0.6) is 0 Å². The zero-order chi connectivity index (χ0) is 12.0. The number of oxazole rings is 1. The van der Waals surface area contributed by atoms with E-state index in [1.165, 1.54) is 0 Å². The Bertz CT molecular complexity index is 662. The smallest absolute Gasteiger partial charge is 0.230 e. The summed E-state index contributed by atoms with van der Waals surface area (Å²) < 4.78 is 8.16. The van der Waals surface area contributed by atoms with Gasteiger partial charge in [0, 0.05) is 29.5 Å². The zero-order valence-corrected chi connectivity index (χ0v) is 10.6. The molecule has 0 unspecified atom stereocenters. The number of hydrogen-bond acceptors (Lipinski definition) is 4. The van der Waals surface area contributed by atoms with Gasteiger partial charge in [-0.3, -0.25) is 4.68 Å². The average Bonchev–Trinajstić information content (AvgIpc) is 2.85. The Morgan fingerprint density at radius 1 is 1.41 bits per heavy atom. The van der Waals surface area contributed by atoms with E-state index >= 15 is 0 Å². The van der Waals surface area contributed by atoms with Crippen molar-refractivity contribution >= 4 is 32.7 Å². The van der Waals surface area contributed by atoms with Crippen molar-refractivity contribution in [3.05, 3.63) is 29.0 Å². The number of fused-ring (bicyclic) bond motifs is 1. The first kappa shape index (κ1) is 10.3. The summed E-state index contributed by atoms with van der Waals surface area (Å²) >= 11 is 3.36. The monoisotopic (exact) mass is 292 g/mol. The molecule has 0 radical (unpaired) electrons. The second-order valence-corrected chi connectivity index (χ2v) is 4.62. The molecule has 0 saturated heterocycles. The Labute approximate surface area is 105 Å². The van der Waals surface area contributed by atoms with Crippen LogP contribution in [0.25, 0.3) is 22.6 Å². The van der Waals surface area contributed by atoms with Gasteiger partial charge in [-0.25, -0.2) is 4.98 Å². The van der Waals surface area contributed by atoms with E-state index in [2.05, 4.69) is 26.0 Å². The molecule has 0 saturated carbocycles. The lowest BCUT2D eigenvalue weighted by atomic mass is 10.3. The van der Waals surface area contributed by atoms with Crippen LogP contribution in [-0.4, -0.2) is 14.8 Å². The molecule has 17 heavy (non-hydrogen) atoms. The molecular weight excluding hydrogens is 284 g/mol. The summed E-state index contributed by atoms with van der Waals surface area (Å²) in [5.41, 5.74) is 8.70. The highest BCUT2D eigenvalue weighted by Crippen LogP contribution is 2.29. The number of nitrogens with two attached hydrogens (primary N) is 1. The summed E-state index contributed by atoms with van der Waals surface area (Å²) in [4.78, 5) is 4.39. The summed E-state index contributed by atoms with van der Waals surface area (Å²) in [6, 6.07) is 3.60.